The number of nitrogens with zero attached hydrogens (tertiary/aromatic N) is 2. The Balaban J connectivity index is 2.39. The first kappa shape index (κ1) is 15.0. The fourth-order valence-electron chi connectivity index (χ4n) is 1.73. The van der Waals surface area contributed by atoms with Crippen LogP contribution in [-0.4, -0.2) is 32.1 Å². The molecule has 4 heteroatoms. The summed E-state index contributed by atoms with van der Waals surface area (Å²) in [6.07, 6.45) is 2.59. The zero-order valence-corrected chi connectivity index (χ0v) is 12.5. The molecule has 0 aliphatic rings. The maximum atomic E-state index is 8.48. The first-order chi connectivity index (χ1) is 8.67. The molecule has 0 aliphatic heterocycles. The molecule has 0 aromatic heterocycles. The van der Waals surface area contributed by atoms with E-state index in [0.29, 0.717) is 6.42 Å². The highest BCUT2D eigenvalue weighted by molar-refractivity contribution is 9.10. The summed E-state index contributed by atoms with van der Waals surface area (Å²) in [6, 6.07) is 8.34. The highest BCUT2D eigenvalue weighted by Crippen LogP contribution is 2.25. The molecule has 3 nitrogen and oxygen atoms in total. The van der Waals surface area contributed by atoms with Gasteiger partial charge in [-0.05, 0) is 60.1 Å². The molecule has 0 aliphatic carbocycles. The van der Waals surface area contributed by atoms with Gasteiger partial charge in [-0.3, -0.25) is 0 Å². The Morgan fingerprint density at radius 1 is 1.39 bits per heavy atom. The summed E-state index contributed by atoms with van der Waals surface area (Å²) < 4.78 is 6.20. The van der Waals surface area contributed by atoms with Gasteiger partial charge in [0.2, 0.25) is 0 Å². The standard InChI is InChI=1S/C14H19BrN2O/c1-17(9-4-3-8-16)10-7-12-5-6-14(18-2)13(15)11-12/h5-6,11H,3-4,7,9-10H2,1-2H3. The molecule has 1 aromatic carbocycles. The second-order valence-electron chi connectivity index (χ2n) is 4.28. The quantitative estimate of drug-likeness (QED) is 0.725. The third-order valence-electron chi connectivity index (χ3n) is 2.83. The van der Waals surface area contributed by atoms with E-state index in [0.717, 1.165) is 36.2 Å². The van der Waals surface area contributed by atoms with Crippen molar-refractivity contribution in [2.24, 2.45) is 0 Å². The largest absolute Gasteiger partial charge is 0.496 e. The van der Waals surface area contributed by atoms with E-state index in [-0.39, 0.29) is 0 Å². The number of benzene rings is 1. The number of halogens is 1. The van der Waals surface area contributed by atoms with E-state index >= 15 is 0 Å². The summed E-state index contributed by atoms with van der Waals surface area (Å²) in [5, 5.41) is 8.48. The molecular weight excluding hydrogens is 292 g/mol. The van der Waals surface area contributed by atoms with Crippen LogP contribution in [0.25, 0.3) is 0 Å². The van der Waals surface area contributed by atoms with Gasteiger partial charge in [-0.2, -0.15) is 5.26 Å². The van der Waals surface area contributed by atoms with Crippen LogP contribution >= 0.6 is 15.9 Å². The van der Waals surface area contributed by atoms with Crippen molar-refractivity contribution in [1.82, 2.24) is 4.90 Å². The van der Waals surface area contributed by atoms with Crippen molar-refractivity contribution in [2.45, 2.75) is 19.3 Å². The molecule has 0 atom stereocenters. The van der Waals surface area contributed by atoms with Gasteiger partial charge in [0.1, 0.15) is 5.75 Å². The van der Waals surface area contributed by atoms with Gasteiger partial charge < -0.3 is 9.64 Å². The maximum Gasteiger partial charge on any atom is 0.133 e. The monoisotopic (exact) mass is 310 g/mol. The van der Waals surface area contributed by atoms with Gasteiger partial charge >= 0.3 is 0 Å². The Bertz CT molecular complexity index is 415. The number of likely N-dealkylation sites (N-methyl/N-ethyl adjacent to an activating group) is 1. The molecule has 0 radical (unpaired) electrons. The average Bonchev–Trinajstić information content (AvgIpc) is 2.37. The molecular formula is C14H19BrN2O. The minimum Gasteiger partial charge on any atom is -0.496 e. The second kappa shape index (κ2) is 8.12. The van der Waals surface area contributed by atoms with Crippen molar-refractivity contribution in [3.63, 3.8) is 0 Å². The van der Waals surface area contributed by atoms with Crippen LogP contribution < -0.4 is 4.74 Å². The Kier molecular flexibility index (Phi) is 6.77. The van der Waals surface area contributed by atoms with Crippen LogP contribution in [0.15, 0.2) is 22.7 Å². The number of hydrogen-bond donors (Lipinski definition) is 0. The molecule has 0 unspecified atom stereocenters. The number of hydrogen-bond acceptors (Lipinski definition) is 3. The van der Waals surface area contributed by atoms with E-state index in [1.807, 2.05) is 6.07 Å². The van der Waals surface area contributed by atoms with E-state index in [9.17, 15) is 0 Å². The lowest BCUT2D eigenvalue weighted by Gasteiger charge is -2.16. The molecule has 1 aromatic rings. The summed E-state index contributed by atoms with van der Waals surface area (Å²) >= 11 is 3.49. The molecule has 0 saturated carbocycles. The Labute approximate surface area is 117 Å². The Hall–Kier alpha value is -1.05. The van der Waals surface area contributed by atoms with Crippen LogP contribution in [0.3, 0.4) is 0 Å². The molecule has 0 saturated heterocycles. The number of methoxy groups -OCH3 is 1. The third-order valence-corrected chi connectivity index (χ3v) is 3.45. The first-order valence-electron chi connectivity index (χ1n) is 6.05. The number of rotatable bonds is 7. The molecule has 18 heavy (non-hydrogen) atoms. The van der Waals surface area contributed by atoms with Crippen LogP contribution in [-0.2, 0) is 6.42 Å². The van der Waals surface area contributed by atoms with Crippen molar-refractivity contribution in [2.75, 3.05) is 27.2 Å². The summed E-state index contributed by atoms with van der Waals surface area (Å²) in [4.78, 5) is 2.26. The van der Waals surface area contributed by atoms with Crippen molar-refractivity contribution in [3.05, 3.63) is 28.2 Å². The molecule has 0 heterocycles. The SMILES string of the molecule is COc1ccc(CCN(C)CCCC#N)cc1Br. The fourth-order valence-corrected chi connectivity index (χ4v) is 2.31. The summed E-state index contributed by atoms with van der Waals surface area (Å²) in [5.74, 6) is 0.862. The lowest BCUT2D eigenvalue weighted by molar-refractivity contribution is 0.335. The third kappa shape index (κ3) is 5.07. The van der Waals surface area contributed by atoms with Gasteiger partial charge in [-0.15, -0.1) is 0 Å². The van der Waals surface area contributed by atoms with E-state index < -0.39 is 0 Å². The lowest BCUT2D eigenvalue weighted by atomic mass is 10.1. The van der Waals surface area contributed by atoms with Gasteiger partial charge in [0.05, 0.1) is 17.7 Å². The maximum absolute atomic E-state index is 8.48. The number of unbranched alkanes of at least 4 members (excludes halogenated alkanes) is 1. The topological polar surface area (TPSA) is 36.3 Å². The molecule has 0 spiro atoms. The summed E-state index contributed by atoms with van der Waals surface area (Å²) in [7, 11) is 3.76. The Morgan fingerprint density at radius 2 is 2.17 bits per heavy atom. The predicted octanol–water partition coefficient (Wildman–Crippen LogP) is 3.24. The minimum absolute atomic E-state index is 0.637. The Morgan fingerprint density at radius 3 is 2.78 bits per heavy atom. The van der Waals surface area contributed by atoms with Crippen LogP contribution in [0, 0.1) is 11.3 Å². The molecule has 0 bridgehead atoms. The van der Waals surface area contributed by atoms with E-state index in [1.54, 1.807) is 7.11 Å². The van der Waals surface area contributed by atoms with Crippen molar-refractivity contribution >= 4 is 15.9 Å². The van der Waals surface area contributed by atoms with Gasteiger partial charge in [0.15, 0.2) is 0 Å². The summed E-state index contributed by atoms with van der Waals surface area (Å²) in [6.45, 7) is 1.98. The fraction of sp³-hybridized carbons (Fsp3) is 0.500. The van der Waals surface area contributed by atoms with Crippen molar-refractivity contribution < 1.29 is 4.74 Å². The van der Waals surface area contributed by atoms with Crippen LogP contribution in [0.5, 0.6) is 5.75 Å². The van der Waals surface area contributed by atoms with Crippen LogP contribution in [0.1, 0.15) is 18.4 Å². The van der Waals surface area contributed by atoms with Gasteiger partial charge in [-0.1, -0.05) is 6.07 Å². The van der Waals surface area contributed by atoms with Gasteiger partial charge in [0.25, 0.3) is 0 Å². The first-order valence-corrected chi connectivity index (χ1v) is 6.84. The second-order valence-corrected chi connectivity index (χ2v) is 5.14. The van der Waals surface area contributed by atoms with Gasteiger partial charge in [-0.25, -0.2) is 0 Å². The lowest BCUT2D eigenvalue weighted by Crippen LogP contribution is -2.22. The number of nitriles is 1. The predicted molar refractivity (Wildman–Crippen MR) is 76.7 cm³/mol. The zero-order valence-electron chi connectivity index (χ0n) is 10.9. The number of ether oxygens (including phenoxy) is 1. The van der Waals surface area contributed by atoms with Crippen molar-refractivity contribution in [1.29, 1.82) is 5.26 Å². The minimum atomic E-state index is 0.637. The molecule has 0 fully saturated rings. The van der Waals surface area contributed by atoms with E-state index in [4.69, 9.17) is 10.00 Å². The normalized spacial score (nSPS) is 10.4. The van der Waals surface area contributed by atoms with Crippen molar-refractivity contribution in [3.8, 4) is 11.8 Å². The highest BCUT2D eigenvalue weighted by atomic mass is 79.9. The van der Waals surface area contributed by atoms with Gasteiger partial charge in [0, 0.05) is 13.0 Å². The van der Waals surface area contributed by atoms with Crippen LogP contribution in [0.4, 0.5) is 0 Å². The highest BCUT2D eigenvalue weighted by Gasteiger charge is 2.03. The molecule has 1 rings (SSSR count). The average molecular weight is 311 g/mol. The smallest absolute Gasteiger partial charge is 0.133 e. The molecule has 0 N–H and O–H groups in total. The van der Waals surface area contributed by atoms with Crippen LogP contribution in [0.2, 0.25) is 0 Å². The summed E-state index contributed by atoms with van der Waals surface area (Å²) in [5.41, 5.74) is 1.29. The van der Waals surface area contributed by atoms with E-state index in [2.05, 4.69) is 46.1 Å². The zero-order chi connectivity index (χ0) is 13.4. The molecule has 98 valence electrons. The van der Waals surface area contributed by atoms with E-state index in [1.165, 1.54) is 5.56 Å². The molecule has 0 amide bonds.